The van der Waals surface area contributed by atoms with Crippen molar-refractivity contribution < 1.29 is 9.59 Å². The zero-order valence-corrected chi connectivity index (χ0v) is 15.3. The second kappa shape index (κ2) is 7.82. The zero-order chi connectivity index (χ0) is 17.7. The second-order valence-electron chi connectivity index (χ2n) is 7.85. The van der Waals surface area contributed by atoms with E-state index in [9.17, 15) is 9.59 Å². The first kappa shape index (κ1) is 18.5. The highest BCUT2D eigenvalue weighted by molar-refractivity contribution is 6.39. The van der Waals surface area contributed by atoms with Crippen molar-refractivity contribution in [1.29, 1.82) is 0 Å². The van der Waals surface area contributed by atoms with E-state index in [1.165, 1.54) is 6.42 Å². The van der Waals surface area contributed by atoms with Gasteiger partial charge in [-0.15, -0.1) is 0 Å². The van der Waals surface area contributed by atoms with Gasteiger partial charge in [-0.2, -0.15) is 0 Å². The smallest absolute Gasteiger partial charge is 0.313 e. The SMILES string of the molecule is CCC1CCC(NC(=O)C(=O)Nc2ccccc2C(C)(C)C)CC1. The molecule has 0 saturated heterocycles. The van der Waals surface area contributed by atoms with Crippen LogP contribution >= 0.6 is 0 Å². The van der Waals surface area contributed by atoms with Crippen LogP contribution in [0.3, 0.4) is 0 Å². The first-order valence-corrected chi connectivity index (χ1v) is 9.02. The van der Waals surface area contributed by atoms with Crippen LogP contribution in [0, 0.1) is 5.92 Å². The molecule has 1 aromatic rings. The lowest BCUT2D eigenvalue weighted by Crippen LogP contribution is -2.43. The molecule has 1 saturated carbocycles. The molecule has 0 radical (unpaired) electrons. The van der Waals surface area contributed by atoms with Crippen LogP contribution in [0.15, 0.2) is 24.3 Å². The molecule has 0 bridgehead atoms. The van der Waals surface area contributed by atoms with Crippen molar-refractivity contribution in [3.8, 4) is 0 Å². The Balaban J connectivity index is 1.94. The average Bonchev–Trinajstić information content (AvgIpc) is 2.55. The fourth-order valence-electron chi connectivity index (χ4n) is 3.39. The summed E-state index contributed by atoms with van der Waals surface area (Å²) in [6.45, 7) is 8.47. The van der Waals surface area contributed by atoms with Crippen LogP contribution in [0.1, 0.15) is 65.4 Å². The summed E-state index contributed by atoms with van der Waals surface area (Å²) in [4.78, 5) is 24.5. The number of anilines is 1. The van der Waals surface area contributed by atoms with Crippen LogP contribution in [0.4, 0.5) is 5.69 Å². The van der Waals surface area contributed by atoms with Gasteiger partial charge in [-0.1, -0.05) is 52.3 Å². The van der Waals surface area contributed by atoms with Gasteiger partial charge in [0.25, 0.3) is 0 Å². The summed E-state index contributed by atoms with van der Waals surface area (Å²) >= 11 is 0. The second-order valence-corrected chi connectivity index (χ2v) is 7.85. The van der Waals surface area contributed by atoms with E-state index in [1.54, 1.807) is 0 Å². The Hall–Kier alpha value is -1.84. The van der Waals surface area contributed by atoms with Crippen molar-refractivity contribution in [2.75, 3.05) is 5.32 Å². The van der Waals surface area contributed by atoms with E-state index in [0.717, 1.165) is 37.2 Å². The van der Waals surface area contributed by atoms with Crippen LogP contribution in [0.5, 0.6) is 0 Å². The molecular weight excluding hydrogens is 300 g/mol. The van der Waals surface area contributed by atoms with Crippen LogP contribution in [-0.4, -0.2) is 17.9 Å². The third-order valence-corrected chi connectivity index (χ3v) is 4.95. The molecule has 2 N–H and O–H groups in total. The molecule has 132 valence electrons. The first-order valence-electron chi connectivity index (χ1n) is 9.02. The molecule has 24 heavy (non-hydrogen) atoms. The Kier molecular flexibility index (Phi) is 6.03. The molecule has 2 amide bonds. The van der Waals surface area contributed by atoms with Crippen molar-refractivity contribution >= 4 is 17.5 Å². The quantitative estimate of drug-likeness (QED) is 0.823. The van der Waals surface area contributed by atoms with Gasteiger partial charge < -0.3 is 10.6 Å². The number of nitrogens with one attached hydrogen (secondary N) is 2. The summed E-state index contributed by atoms with van der Waals surface area (Å²) in [6, 6.07) is 7.78. The van der Waals surface area contributed by atoms with E-state index < -0.39 is 11.8 Å². The van der Waals surface area contributed by atoms with Crippen molar-refractivity contribution in [3.63, 3.8) is 0 Å². The van der Waals surface area contributed by atoms with Crippen LogP contribution in [0.25, 0.3) is 0 Å². The summed E-state index contributed by atoms with van der Waals surface area (Å²) in [5.41, 5.74) is 1.63. The van der Waals surface area contributed by atoms with E-state index in [0.29, 0.717) is 5.69 Å². The first-order chi connectivity index (χ1) is 11.3. The minimum atomic E-state index is -0.579. The fourth-order valence-corrected chi connectivity index (χ4v) is 3.39. The number of hydrogen-bond acceptors (Lipinski definition) is 2. The lowest BCUT2D eigenvalue weighted by Gasteiger charge is -2.28. The summed E-state index contributed by atoms with van der Waals surface area (Å²) in [6.07, 6.45) is 5.41. The number of para-hydroxylation sites is 1. The largest absolute Gasteiger partial charge is 0.345 e. The molecule has 1 aromatic carbocycles. The summed E-state index contributed by atoms with van der Waals surface area (Å²) < 4.78 is 0. The predicted octanol–water partition coefficient (Wildman–Crippen LogP) is 4.01. The maximum Gasteiger partial charge on any atom is 0.313 e. The minimum absolute atomic E-state index is 0.0983. The summed E-state index contributed by atoms with van der Waals surface area (Å²) in [7, 11) is 0. The molecule has 1 fully saturated rings. The van der Waals surface area contributed by atoms with Crippen molar-refractivity contribution in [2.24, 2.45) is 5.92 Å². The van der Waals surface area contributed by atoms with Gasteiger partial charge in [0.2, 0.25) is 0 Å². The van der Waals surface area contributed by atoms with E-state index in [-0.39, 0.29) is 11.5 Å². The Morgan fingerprint density at radius 3 is 2.25 bits per heavy atom. The maximum absolute atomic E-state index is 12.3. The number of amides is 2. The van der Waals surface area contributed by atoms with Gasteiger partial charge in [0.15, 0.2) is 0 Å². The number of rotatable bonds is 3. The van der Waals surface area contributed by atoms with E-state index >= 15 is 0 Å². The van der Waals surface area contributed by atoms with Gasteiger partial charge in [0.1, 0.15) is 0 Å². The molecule has 0 aromatic heterocycles. The molecule has 0 atom stereocenters. The molecule has 4 heteroatoms. The number of hydrogen-bond donors (Lipinski definition) is 2. The number of carbonyl (C=O) groups excluding carboxylic acids is 2. The predicted molar refractivity (Wildman–Crippen MR) is 98.0 cm³/mol. The molecule has 0 aliphatic heterocycles. The lowest BCUT2D eigenvalue weighted by molar-refractivity contribution is -0.136. The lowest BCUT2D eigenvalue weighted by atomic mass is 9.84. The Morgan fingerprint density at radius 2 is 1.67 bits per heavy atom. The molecule has 0 spiro atoms. The zero-order valence-electron chi connectivity index (χ0n) is 15.3. The van der Waals surface area contributed by atoms with Crippen LogP contribution in [-0.2, 0) is 15.0 Å². The van der Waals surface area contributed by atoms with Gasteiger partial charge in [0.05, 0.1) is 0 Å². The molecule has 0 unspecified atom stereocenters. The Bertz CT molecular complexity index is 582. The normalized spacial score (nSPS) is 21.2. The summed E-state index contributed by atoms with van der Waals surface area (Å²) in [5, 5.41) is 5.67. The van der Waals surface area contributed by atoms with E-state index in [4.69, 9.17) is 0 Å². The van der Waals surface area contributed by atoms with Crippen molar-refractivity contribution in [2.45, 2.75) is 71.3 Å². The van der Waals surface area contributed by atoms with Crippen LogP contribution in [0.2, 0.25) is 0 Å². The molecule has 1 aliphatic rings. The van der Waals surface area contributed by atoms with E-state index in [1.807, 2.05) is 24.3 Å². The fraction of sp³-hybridized carbons (Fsp3) is 0.600. The highest BCUT2D eigenvalue weighted by atomic mass is 16.2. The van der Waals surface area contributed by atoms with Crippen LogP contribution < -0.4 is 10.6 Å². The number of carbonyl (C=O) groups is 2. The Labute approximate surface area is 145 Å². The van der Waals surface area contributed by atoms with Gasteiger partial charge in [0, 0.05) is 11.7 Å². The topological polar surface area (TPSA) is 58.2 Å². The molecule has 0 heterocycles. The standard InChI is InChI=1S/C20H30N2O2/c1-5-14-10-12-15(13-11-14)21-18(23)19(24)22-17-9-7-6-8-16(17)20(2,3)4/h6-9,14-15H,5,10-13H2,1-4H3,(H,21,23)(H,22,24). The highest BCUT2D eigenvalue weighted by Gasteiger charge is 2.25. The molecule has 4 nitrogen and oxygen atoms in total. The molecule has 2 rings (SSSR count). The molecular formula is C20H30N2O2. The average molecular weight is 330 g/mol. The van der Waals surface area contributed by atoms with Crippen molar-refractivity contribution in [1.82, 2.24) is 5.32 Å². The summed E-state index contributed by atoms with van der Waals surface area (Å²) in [5.74, 6) is -0.339. The minimum Gasteiger partial charge on any atom is -0.345 e. The molecule has 1 aliphatic carbocycles. The Morgan fingerprint density at radius 1 is 1.04 bits per heavy atom. The highest BCUT2D eigenvalue weighted by Crippen LogP contribution is 2.29. The number of benzene rings is 1. The monoisotopic (exact) mass is 330 g/mol. The van der Waals surface area contributed by atoms with E-state index in [2.05, 4.69) is 38.3 Å². The maximum atomic E-state index is 12.3. The van der Waals surface area contributed by atoms with Gasteiger partial charge in [-0.3, -0.25) is 9.59 Å². The van der Waals surface area contributed by atoms with Gasteiger partial charge in [-0.05, 0) is 48.6 Å². The van der Waals surface area contributed by atoms with Crippen molar-refractivity contribution in [3.05, 3.63) is 29.8 Å². The third-order valence-electron chi connectivity index (χ3n) is 4.95. The van der Waals surface area contributed by atoms with Gasteiger partial charge >= 0.3 is 11.8 Å². The van der Waals surface area contributed by atoms with Gasteiger partial charge in [-0.25, -0.2) is 0 Å². The third kappa shape index (κ3) is 4.83.